The van der Waals surface area contributed by atoms with E-state index in [2.05, 4.69) is 83.5 Å². The van der Waals surface area contributed by atoms with Gasteiger partial charge in [0.25, 0.3) is 0 Å². The molecule has 1 aliphatic carbocycles. The summed E-state index contributed by atoms with van der Waals surface area (Å²) in [6.45, 7) is 10.6. The number of aromatic amines is 1. The molecular weight excluding hydrogens is 422 g/mol. The van der Waals surface area contributed by atoms with Crippen LogP contribution in [0.3, 0.4) is 0 Å². The Kier molecular flexibility index (Phi) is 5.94. The van der Waals surface area contributed by atoms with E-state index in [1.54, 1.807) is 0 Å². The Morgan fingerprint density at radius 1 is 1.12 bits per heavy atom. The van der Waals surface area contributed by atoms with Crippen molar-refractivity contribution in [3.63, 3.8) is 0 Å². The molecule has 6 nitrogen and oxygen atoms in total. The van der Waals surface area contributed by atoms with E-state index in [1.165, 1.54) is 0 Å². The number of amides is 1. The van der Waals surface area contributed by atoms with Gasteiger partial charge in [-0.15, -0.1) is 0 Å². The summed E-state index contributed by atoms with van der Waals surface area (Å²) in [5.41, 5.74) is 5.02. The molecule has 2 aromatic carbocycles. The van der Waals surface area contributed by atoms with Gasteiger partial charge in [-0.2, -0.15) is 5.10 Å². The predicted molar refractivity (Wildman–Crippen MR) is 141 cm³/mol. The lowest BCUT2D eigenvalue weighted by Crippen LogP contribution is -2.44. The minimum Gasteiger partial charge on any atom is -0.367 e. The molecule has 2 heterocycles. The van der Waals surface area contributed by atoms with Crippen LogP contribution < -0.4 is 10.2 Å². The number of nitrogens with zero attached hydrogens (tertiary/aromatic N) is 3. The highest BCUT2D eigenvalue weighted by Gasteiger charge is 2.55. The SMILES string of the molecule is CC1C(C)C1(C)CC(=O)Nc1cc2c(/C=C/c3ccccc3)n[nH]c2cc1N1CCN(C)CC1. The summed E-state index contributed by atoms with van der Waals surface area (Å²) in [5.74, 6) is 1.26. The van der Waals surface area contributed by atoms with Gasteiger partial charge in [0.05, 0.1) is 22.6 Å². The molecule has 0 radical (unpaired) electrons. The highest BCUT2D eigenvalue weighted by molar-refractivity contribution is 6.01. The molecule has 1 aliphatic heterocycles. The second kappa shape index (κ2) is 8.91. The Morgan fingerprint density at radius 2 is 1.82 bits per heavy atom. The molecule has 5 rings (SSSR count). The molecule has 34 heavy (non-hydrogen) atoms. The van der Waals surface area contributed by atoms with E-state index in [0.717, 1.165) is 59.7 Å². The van der Waals surface area contributed by atoms with Crippen molar-refractivity contribution >= 4 is 40.3 Å². The fourth-order valence-corrected chi connectivity index (χ4v) is 5.28. The molecule has 1 amide bonds. The number of fused-ring (bicyclic) bond motifs is 1. The quantitative estimate of drug-likeness (QED) is 0.540. The number of rotatable bonds is 6. The Labute approximate surface area is 202 Å². The van der Waals surface area contributed by atoms with Gasteiger partial charge in [0.1, 0.15) is 0 Å². The predicted octanol–water partition coefficient (Wildman–Crippen LogP) is 5.11. The zero-order valence-corrected chi connectivity index (χ0v) is 20.6. The number of anilines is 2. The van der Waals surface area contributed by atoms with Crippen LogP contribution in [0.2, 0.25) is 0 Å². The highest BCUT2D eigenvalue weighted by atomic mass is 16.1. The molecule has 2 aliphatic rings. The van der Waals surface area contributed by atoms with Gasteiger partial charge in [0.2, 0.25) is 5.91 Å². The molecule has 178 valence electrons. The first-order chi connectivity index (χ1) is 16.3. The van der Waals surface area contributed by atoms with Crippen LogP contribution in [0.25, 0.3) is 23.1 Å². The van der Waals surface area contributed by atoms with Crippen molar-refractivity contribution in [3.8, 4) is 0 Å². The molecule has 1 aromatic heterocycles. The summed E-state index contributed by atoms with van der Waals surface area (Å²) in [6, 6.07) is 14.5. The first-order valence-electron chi connectivity index (χ1n) is 12.3. The molecule has 2 atom stereocenters. The molecule has 0 spiro atoms. The Bertz CT molecular complexity index is 1200. The summed E-state index contributed by atoms with van der Waals surface area (Å²) in [5, 5.41) is 12.1. The molecule has 1 saturated heterocycles. The molecule has 0 bridgehead atoms. The van der Waals surface area contributed by atoms with Crippen molar-refractivity contribution in [2.45, 2.75) is 27.2 Å². The normalized spacial score (nSPS) is 25.2. The molecule has 3 aromatic rings. The van der Waals surface area contributed by atoms with Gasteiger partial charge in [-0.1, -0.05) is 57.2 Å². The third kappa shape index (κ3) is 4.34. The number of piperazine rings is 1. The number of hydrogen-bond acceptors (Lipinski definition) is 4. The van der Waals surface area contributed by atoms with E-state index in [4.69, 9.17) is 0 Å². The number of benzene rings is 2. The molecule has 1 saturated carbocycles. The minimum atomic E-state index is 0.0956. The van der Waals surface area contributed by atoms with Crippen LogP contribution in [-0.2, 0) is 4.79 Å². The topological polar surface area (TPSA) is 64.3 Å². The number of nitrogens with one attached hydrogen (secondary N) is 2. The Morgan fingerprint density at radius 3 is 2.50 bits per heavy atom. The van der Waals surface area contributed by atoms with Crippen LogP contribution >= 0.6 is 0 Å². The average Bonchev–Trinajstić information content (AvgIpc) is 3.12. The van der Waals surface area contributed by atoms with Crippen molar-refractivity contribution in [2.24, 2.45) is 17.3 Å². The summed E-state index contributed by atoms with van der Waals surface area (Å²) < 4.78 is 0. The van der Waals surface area contributed by atoms with Crippen molar-refractivity contribution in [3.05, 3.63) is 53.7 Å². The lowest BCUT2D eigenvalue weighted by Gasteiger charge is -2.35. The van der Waals surface area contributed by atoms with E-state index in [-0.39, 0.29) is 11.3 Å². The van der Waals surface area contributed by atoms with Crippen molar-refractivity contribution in [1.82, 2.24) is 15.1 Å². The summed E-state index contributed by atoms with van der Waals surface area (Å²) >= 11 is 0. The minimum absolute atomic E-state index is 0.0956. The Hall–Kier alpha value is -3.12. The van der Waals surface area contributed by atoms with Crippen LogP contribution in [0.1, 0.15) is 38.4 Å². The highest BCUT2D eigenvalue weighted by Crippen LogP contribution is 2.60. The number of aromatic nitrogens is 2. The standard InChI is InChI=1S/C28H35N5O/c1-19-20(2)28(19,3)18-27(34)29-25-16-22-23(11-10-21-8-6-5-7-9-21)30-31-24(22)17-26(25)33-14-12-32(4)13-15-33/h5-11,16-17,19-20H,12-15,18H2,1-4H3,(H,29,34)(H,30,31)/b11-10+. The second-order valence-corrected chi connectivity index (χ2v) is 10.4. The lowest BCUT2D eigenvalue weighted by atomic mass is 10.00. The molecular formula is C28H35N5O. The fourth-order valence-electron chi connectivity index (χ4n) is 5.28. The number of H-pyrrole nitrogens is 1. The zero-order valence-electron chi connectivity index (χ0n) is 20.6. The van der Waals surface area contributed by atoms with Gasteiger partial charge in [-0.05, 0) is 48.1 Å². The van der Waals surface area contributed by atoms with Gasteiger partial charge in [-0.3, -0.25) is 9.89 Å². The van der Waals surface area contributed by atoms with Gasteiger partial charge < -0.3 is 15.1 Å². The van der Waals surface area contributed by atoms with Crippen LogP contribution in [0.15, 0.2) is 42.5 Å². The van der Waals surface area contributed by atoms with Gasteiger partial charge >= 0.3 is 0 Å². The first-order valence-corrected chi connectivity index (χ1v) is 12.3. The van der Waals surface area contributed by atoms with E-state index in [1.807, 2.05) is 24.3 Å². The number of likely N-dealkylation sites (N-methyl/N-ethyl adjacent to an activating group) is 1. The van der Waals surface area contributed by atoms with Crippen LogP contribution in [-0.4, -0.2) is 54.2 Å². The lowest BCUT2D eigenvalue weighted by molar-refractivity contribution is -0.117. The smallest absolute Gasteiger partial charge is 0.224 e. The summed E-state index contributed by atoms with van der Waals surface area (Å²) in [6.07, 6.45) is 4.66. The third-order valence-corrected chi connectivity index (χ3v) is 8.32. The number of carbonyl (C=O) groups is 1. The molecule has 2 unspecified atom stereocenters. The summed E-state index contributed by atoms with van der Waals surface area (Å²) in [7, 11) is 2.15. The van der Waals surface area contributed by atoms with Crippen molar-refractivity contribution < 1.29 is 4.79 Å². The monoisotopic (exact) mass is 457 g/mol. The van der Waals surface area contributed by atoms with E-state index < -0.39 is 0 Å². The molecule has 2 fully saturated rings. The van der Waals surface area contributed by atoms with Crippen LogP contribution in [0.4, 0.5) is 11.4 Å². The van der Waals surface area contributed by atoms with Crippen LogP contribution in [0.5, 0.6) is 0 Å². The van der Waals surface area contributed by atoms with E-state index >= 15 is 0 Å². The maximum Gasteiger partial charge on any atom is 0.224 e. The van der Waals surface area contributed by atoms with Crippen molar-refractivity contribution in [1.29, 1.82) is 0 Å². The van der Waals surface area contributed by atoms with Gasteiger partial charge in [-0.25, -0.2) is 0 Å². The molecule has 2 N–H and O–H groups in total. The average molecular weight is 458 g/mol. The first kappa shape index (κ1) is 22.7. The van der Waals surface area contributed by atoms with Gasteiger partial charge in [0, 0.05) is 38.0 Å². The largest absolute Gasteiger partial charge is 0.367 e. The van der Waals surface area contributed by atoms with Crippen molar-refractivity contribution in [2.75, 3.05) is 43.4 Å². The Balaban J connectivity index is 1.47. The number of carbonyl (C=O) groups excluding carboxylic acids is 1. The summed E-state index contributed by atoms with van der Waals surface area (Å²) in [4.78, 5) is 17.9. The zero-order chi connectivity index (χ0) is 23.9. The van der Waals surface area contributed by atoms with E-state index in [9.17, 15) is 4.79 Å². The third-order valence-electron chi connectivity index (χ3n) is 8.32. The maximum atomic E-state index is 13.1. The van der Waals surface area contributed by atoms with Crippen LogP contribution in [0, 0.1) is 17.3 Å². The second-order valence-electron chi connectivity index (χ2n) is 10.4. The fraction of sp³-hybridized carbons (Fsp3) is 0.429. The van der Waals surface area contributed by atoms with E-state index in [0.29, 0.717) is 18.3 Å². The number of hydrogen-bond donors (Lipinski definition) is 2. The maximum absolute atomic E-state index is 13.1. The molecule has 6 heteroatoms. The van der Waals surface area contributed by atoms with Gasteiger partial charge in [0.15, 0.2) is 0 Å².